The van der Waals surface area contributed by atoms with Crippen LogP contribution in [0.1, 0.15) is 35.3 Å². The van der Waals surface area contributed by atoms with E-state index in [0.717, 1.165) is 43.7 Å². The summed E-state index contributed by atoms with van der Waals surface area (Å²) in [7, 11) is 0. The van der Waals surface area contributed by atoms with E-state index in [0.29, 0.717) is 22.7 Å². The van der Waals surface area contributed by atoms with Crippen molar-refractivity contribution >= 4 is 17.5 Å². The molecule has 2 unspecified atom stereocenters. The molecule has 1 N–H and O–H groups in total. The summed E-state index contributed by atoms with van der Waals surface area (Å²) < 4.78 is 1.76. The number of hydrogen-bond donors (Lipinski definition) is 1. The molecule has 2 bridgehead atoms. The van der Waals surface area contributed by atoms with Gasteiger partial charge >= 0.3 is 0 Å². The van der Waals surface area contributed by atoms with Crippen LogP contribution in [0.4, 0.5) is 0 Å². The molecular weight excluding hydrogens is 324 g/mol. The number of carbonyl (C=O) groups is 1. The molecule has 3 heterocycles. The maximum atomic E-state index is 13.2. The topological polar surface area (TPSA) is 50.2 Å². The Kier molecular flexibility index (Phi) is 4.06. The fraction of sp³-hybridized carbons (Fsp3) is 0.444. The van der Waals surface area contributed by atoms with E-state index in [9.17, 15) is 4.79 Å². The fourth-order valence-electron chi connectivity index (χ4n) is 3.85. The maximum Gasteiger partial charge on any atom is 0.257 e. The molecule has 4 rings (SSSR count). The van der Waals surface area contributed by atoms with E-state index in [4.69, 9.17) is 11.6 Å². The smallest absolute Gasteiger partial charge is 0.257 e. The molecule has 2 aliphatic heterocycles. The van der Waals surface area contributed by atoms with Crippen LogP contribution >= 0.6 is 11.6 Å². The highest BCUT2D eigenvalue weighted by Crippen LogP contribution is 2.30. The van der Waals surface area contributed by atoms with Crippen molar-refractivity contribution in [3.05, 3.63) is 46.7 Å². The van der Waals surface area contributed by atoms with Gasteiger partial charge in [0.1, 0.15) is 0 Å². The van der Waals surface area contributed by atoms with E-state index in [1.54, 1.807) is 4.68 Å². The minimum absolute atomic E-state index is 0.115. The highest BCUT2D eigenvalue weighted by atomic mass is 35.5. The van der Waals surface area contributed by atoms with Gasteiger partial charge in [-0.25, -0.2) is 4.68 Å². The summed E-state index contributed by atoms with van der Waals surface area (Å²) in [5.41, 5.74) is 2.37. The van der Waals surface area contributed by atoms with Gasteiger partial charge in [0.05, 0.1) is 16.9 Å². The molecule has 2 fully saturated rings. The quantitative estimate of drug-likeness (QED) is 0.911. The lowest BCUT2D eigenvalue weighted by Gasteiger charge is -2.27. The Balaban J connectivity index is 1.64. The summed E-state index contributed by atoms with van der Waals surface area (Å²) >= 11 is 5.95. The third kappa shape index (κ3) is 2.72. The molecule has 0 aliphatic carbocycles. The van der Waals surface area contributed by atoms with Crippen LogP contribution in [-0.2, 0) is 0 Å². The second kappa shape index (κ2) is 6.22. The van der Waals surface area contributed by atoms with E-state index in [-0.39, 0.29) is 5.91 Å². The summed E-state index contributed by atoms with van der Waals surface area (Å²) in [4.78, 5) is 15.3. The number of amides is 1. The number of aromatic nitrogens is 2. The first-order valence-corrected chi connectivity index (χ1v) is 8.87. The van der Waals surface area contributed by atoms with Gasteiger partial charge < -0.3 is 10.2 Å². The van der Waals surface area contributed by atoms with Gasteiger partial charge in [0.15, 0.2) is 0 Å². The average molecular weight is 345 g/mol. The standard InChI is InChI=1S/C18H21ClN4O/c1-12-17(11-22(21-12)14-4-2-13(19)3-5-14)18(24)23-15-6-7-16(23)10-20-9-8-15/h2-5,11,15-16,20H,6-10H2,1H3. The first-order chi connectivity index (χ1) is 11.6. The summed E-state index contributed by atoms with van der Waals surface area (Å²) in [5.74, 6) is 0.115. The molecule has 5 nitrogen and oxygen atoms in total. The molecule has 126 valence electrons. The number of benzene rings is 1. The molecule has 2 saturated heterocycles. The van der Waals surface area contributed by atoms with Crippen molar-refractivity contribution in [1.82, 2.24) is 20.0 Å². The van der Waals surface area contributed by atoms with Gasteiger partial charge in [0.2, 0.25) is 0 Å². The highest BCUT2D eigenvalue weighted by molar-refractivity contribution is 6.30. The number of nitrogens with zero attached hydrogens (tertiary/aromatic N) is 3. The van der Waals surface area contributed by atoms with Crippen LogP contribution in [0, 0.1) is 6.92 Å². The van der Waals surface area contributed by atoms with E-state index in [1.165, 1.54) is 0 Å². The van der Waals surface area contributed by atoms with E-state index in [1.807, 2.05) is 37.4 Å². The summed E-state index contributed by atoms with van der Waals surface area (Å²) in [6.45, 7) is 3.79. The number of carbonyl (C=O) groups excluding carboxylic acids is 1. The van der Waals surface area contributed by atoms with Crippen molar-refractivity contribution in [1.29, 1.82) is 0 Å². The fourth-order valence-corrected chi connectivity index (χ4v) is 3.98. The van der Waals surface area contributed by atoms with Crippen LogP contribution in [0.15, 0.2) is 30.5 Å². The minimum atomic E-state index is 0.115. The number of nitrogens with one attached hydrogen (secondary N) is 1. The van der Waals surface area contributed by atoms with Crippen LogP contribution in [0.5, 0.6) is 0 Å². The zero-order chi connectivity index (χ0) is 16.7. The molecule has 6 heteroatoms. The van der Waals surface area contributed by atoms with Crippen LogP contribution < -0.4 is 5.32 Å². The summed E-state index contributed by atoms with van der Waals surface area (Å²) in [6, 6.07) is 8.14. The monoisotopic (exact) mass is 344 g/mol. The first-order valence-electron chi connectivity index (χ1n) is 8.49. The molecule has 0 spiro atoms. The Hall–Kier alpha value is -1.85. The Bertz CT molecular complexity index is 741. The van der Waals surface area contributed by atoms with E-state index >= 15 is 0 Å². The average Bonchev–Trinajstić information content (AvgIpc) is 3.06. The van der Waals surface area contributed by atoms with E-state index in [2.05, 4.69) is 15.3 Å². The molecule has 0 radical (unpaired) electrons. The van der Waals surface area contributed by atoms with Crippen molar-refractivity contribution in [3.8, 4) is 5.69 Å². The lowest BCUT2D eigenvalue weighted by Crippen LogP contribution is -2.42. The van der Waals surface area contributed by atoms with Crippen molar-refractivity contribution in [2.24, 2.45) is 0 Å². The lowest BCUT2D eigenvalue weighted by molar-refractivity contribution is 0.0679. The van der Waals surface area contributed by atoms with Gasteiger partial charge in [-0.3, -0.25) is 4.79 Å². The molecule has 2 aromatic rings. The Morgan fingerprint density at radius 1 is 1.21 bits per heavy atom. The van der Waals surface area contributed by atoms with Gasteiger partial charge in [0.25, 0.3) is 5.91 Å². The van der Waals surface area contributed by atoms with Crippen molar-refractivity contribution < 1.29 is 4.79 Å². The van der Waals surface area contributed by atoms with E-state index < -0.39 is 0 Å². The van der Waals surface area contributed by atoms with Crippen molar-refractivity contribution in [3.63, 3.8) is 0 Å². The van der Waals surface area contributed by atoms with Crippen LogP contribution in [0.2, 0.25) is 5.02 Å². The molecular formula is C18H21ClN4O. The van der Waals surface area contributed by atoms with Gasteiger partial charge in [-0.05, 0) is 57.0 Å². The zero-order valence-electron chi connectivity index (χ0n) is 13.7. The predicted molar refractivity (Wildman–Crippen MR) is 93.8 cm³/mol. The second-order valence-corrected chi connectivity index (χ2v) is 7.08. The van der Waals surface area contributed by atoms with Gasteiger partial charge in [0, 0.05) is 29.8 Å². The predicted octanol–water partition coefficient (Wildman–Crippen LogP) is 2.80. The lowest BCUT2D eigenvalue weighted by atomic mass is 10.1. The molecule has 2 atom stereocenters. The number of fused-ring (bicyclic) bond motifs is 2. The van der Waals surface area contributed by atoms with Crippen molar-refractivity contribution in [2.45, 2.75) is 38.3 Å². The van der Waals surface area contributed by atoms with Gasteiger partial charge in [-0.2, -0.15) is 5.10 Å². The maximum absolute atomic E-state index is 13.2. The minimum Gasteiger partial charge on any atom is -0.331 e. The number of halogens is 1. The first kappa shape index (κ1) is 15.7. The zero-order valence-corrected chi connectivity index (χ0v) is 14.5. The number of aryl methyl sites for hydroxylation is 1. The number of rotatable bonds is 2. The third-order valence-electron chi connectivity index (χ3n) is 5.11. The molecule has 1 amide bonds. The Morgan fingerprint density at radius 3 is 2.75 bits per heavy atom. The molecule has 0 saturated carbocycles. The van der Waals surface area contributed by atoms with Crippen LogP contribution in [0.3, 0.4) is 0 Å². The normalized spacial score (nSPS) is 23.3. The molecule has 24 heavy (non-hydrogen) atoms. The van der Waals surface area contributed by atoms with Gasteiger partial charge in [-0.15, -0.1) is 0 Å². The largest absolute Gasteiger partial charge is 0.331 e. The number of hydrogen-bond acceptors (Lipinski definition) is 3. The molecule has 1 aromatic carbocycles. The SMILES string of the molecule is Cc1nn(-c2ccc(Cl)cc2)cc1C(=O)N1C2CCNCC1CC2. The van der Waals surface area contributed by atoms with Crippen LogP contribution in [0.25, 0.3) is 5.69 Å². The van der Waals surface area contributed by atoms with Crippen molar-refractivity contribution in [2.75, 3.05) is 13.1 Å². The second-order valence-electron chi connectivity index (χ2n) is 6.64. The third-order valence-corrected chi connectivity index (χ3v) is 5.36. The van der Waals surface area contributed by atoms with Crippen LogP contribution in [-0.4, -0.2) is 45.8 Å². The summed E-state index contributed by atoms with van der Waals surface area (Å²) in [5, 5.41) is 8.66. The van der Waals surface area contributed by atoms with Gasteiger partial charge in [-0.1, -0.05) is 11.6 Å². The highest BCUT2D eigenvalue weighted by Gasteiger charge is 2.39. The molecule has 2 aliphatic rings. The summed E-state index contributed by atoms with van der Waals surface area (Å²) in [6.07, 6.45) is 5.08. The Labute approximate surface area is 146 Å². The molecule has 1 aromatic heterocycles. The Morgan fingerprint density at radius 2 is 1.96 bits per heavy atom.